The number of nitrogens with zero attached hydrogens (tertiary/aromatic N) is 1. The topological polar surface area (TPSA) is 29.5 Å². The van der Waals surface area contributed by atoms with E-state index in [1.165, 1.54) is 0 Å². The summed E-state index contributed by atoms with van der Waals surface area (Å²) < 4.78 is 5.40. The van der Waals surface area contributed by atoms with Crippen molar-refractivity contribution >= 4 is 21.8 Å². The number of halogens is 1. The lowest BCUT2D eigenvalue weighted by Crippen LogP contribution is -2.37. The van der Waals surface area contributed by atoms with E-state index in [4.69, 9.17) is 4.74 Å². The molecule has 1 heterocycles. The lowest BCUT2D eigenvalue weighted by Gasteiger charge is -2.22. The van der Waals surface area contributed by atoms with Gasteiger partial charge in [-0.2, -0.15) is 0 Å². The van der Waals surface area contributed by atoms with Gasteiger partial charge >= 0.3 is 0 Å². The van der Waals surface area contributed by atoms with Gasteiger partial charge in [-0.05, 0) is 20.3 Å². The molecule has 0 aliphatic carbocycles. The fraction of sp³-hybridized carbons (Fsp3) is 0.900. The van der Waals surface area contributed by atoms with E-state index < -0.39 is 0 Å². The molecule has 1 aliphatic rings. The standard InChI is InChI=1S/C10H18BrNO2/c1-3-12(5-4-11)10(13)9-6-8(2)14-7-9/h8-9H,3-7H2,1-2H3. The molecular formula is C10H18BrNO2. The maximum absolute atomic E-state index is 11.9. The average Bonchev–Trinajstić information content (AvgIpc) is 2.60. The zero-order valence-corrected chi connectivity index (χ0v) is 10.4. The third kappa shape index (κ3) is 2.95. The Balaban J connectivity index is 2.45. The maximum atomic E-state index is 11.9. The van der Waals surface area contributed by atoms with E-state index in [0.29, 0.717) is 6.61 Å². The van der Waals surface area contributed by atoms with Gasteiger partial charge in [-0.25, -0.2) is 0 Å². The van der Waals surface area contributed by atoms with Gasteiger partial charge in [-0.15, -0.1) is 0 Å². The van der Waals surface area contributed by atoms with E-state index in [2.05, 4.69) is 15.9 Å². The van der Waals surface area contributed by atoms with E-state index in [1.807, 2.05) is 18.7 Å². The average molecular weight is 264 g/mol. The van der Waals surface area contributed by atoms with Gasteiger partial charge in [0.25, 0.3) is 0 Å². The highest BCUT2D eigenvalue weighted by molar-refractivity contribution is 9.09. The van der Waals surface area contributed by atoms with E-state index in [1.54, 1.807) is 0 Å². The van der Waals surface area contributed by atoms with Gasteiger partial charge in [0.15, 0.2) is 0 Å². The molecular weight excluding hydrogens is 246 g/mol. The smallest absolute Gasteiger partial charge is 0.228 e. The first kappa shape index (κ1) is 12.0. The molecule has 0 saturated carbocycles. The van der Waals surface area contributed by atoms with Crippen LogP contribution in [0.1, 0.15) is 20.3 Å². The molecule has 1 fully saturated rings. The van der Waals surface area contributed by atoms with Crippen molar-refractivity contribution in [2.24, 2.45) is 5.92 Å². The molecule has 1 saturated heterocycles. The Hall–Kier alpha value is -0.0900. The number of rotatable bonds is 4. The molecule has 0 N–H and O–H groups in total. The molecule has 0 aromatic carbocycles. The molecule has 1 aliphatic heterocycles. The van der Waals surface area contributed by atoms with E-state index in [0.717, 1.165) is 24.8 Å². The molecule has 14 heavy (non-hydrogen) atoms. The van der Waals surface area contributed by atoms with Gasteiger partial charge in [0, 0.05) is 18.4 Å². The molecule has 0 radical (unpaired) electrons. The van der Waals surface area contributed by atoms with Crippen molar-refractivity contribution in [1.29, 1.82) is 0 Å². The van der Waals surface area contributed by atoms with Crippen LogP contribution in [0, 0.1) is 5.92 Å². The lowest BCUT2D eigenvalue weighted by atomic mass is 10.0. The number of carbonyl (C=O) groups excluding carboxylic acids is 1. The Morgan fingerprint density at radius 3 is 2.79 bits per heavy atom. The van der Waals surface area contributed by atoms with Crippen LogP contribution >= 0.6 is 15.9 Å². The molecule has 0 aromatic heterocycles. The van der Waals surface area contributed by atoms with Crippen LogP contribution in [0.3, 0.4) is 0 Å². The van der Waals surface area contributed by atoms with Crippen molar-refractivity contribution in [1.82, 2.24) is 4.90 Å². The molecule has 0 aromatic rings. The van der Waals surface area contributed by atoms with E-state index in [-0.39, 0.29) is 17.9 Å². The summed E-state index contributed by atoms with van der Waals surface area (Å²) >= 11 is 3.35. The predicted octanol–water partition coefficient (Wildman–Crippen LogP) is 1.65. The highest BCUT2D eigenvalue weighted by atomic mass is 79.9. The first-order valence-electron chi connectivity index (χ1n) is 5.15. The first-order valence-corrected chi connectivity index (χ1v) is 6.27. The molecule has 2 unspecified atom stereocenters. The van der Waals surface area contributed by atoms with Crippen molar-refractivity contribution < 1.29 is 9.53 Å². The number of ether oxygens (including phenoxy) is 1. The van der Waals surface area contributed by atoms with Gasteiger partial charge < -0.3 is 9.64 Å². The molecule has 1 rings (SSSR count). The largest absolute Gasteiger partial charge is 0.378 e. The van der Waals surface area contributed by atoms with Crippen LogP contribution in [0.2, 0.25) is 0 Å². The summed E-state index contributed by atoms with van der Waals surface area (Å²) in [7, 11) is 0. The predicted molar refractivity (Wildman–Crippen MR) is 59.6 cm³/mol. The van der Waals surface area contributed by atoms with Crippen LogP contribution in [0.15, 0.2) is 0 Å². The van der Waals surface area contributed by atoms with Gasteiger partial charge in [-0.3, -0.25) is 4.79 Å². The summed E-state index contributed by atoms with van der Waals surface area (Å²) in [5.74, 6) is 0.334. The summed E-state index contributed by atoms with van der Waals surface area (Å²) in [4.78, 5) is 13.8. The Morgan fingerprint density at radius 2 is 2.36 bits per heavy atom. The summed E-state index contributed by atoms with van der Waals surface area (Å²) in [5, 5.41) is 0.843. The fourth-order valence-corrected chi connectivity index (χ4v) is 2.20. The number of amides is 1. The van der Waals surface area contributed by atoms with Gasteiger partial charge in [0.05, 0.1) is 18.6 Å². The van der Waals surface area contributed by atoms with Crippen molar-refractivity contribution in [3.05, 3.63) is 0 Å². The summed E-state index contributed by atoms with van der Waals surface area (Å²) in [6.07, 6.45) is 1.11. The van der Waals surface area contributed by atoms with Crippen molar-refractivity contribution in [3.63, 3.8) is 0 Å². The Bertz CT molecular complexity index is 193. The minimum Gasteiger partial charge on any atom is -0.378 e. The summed E-state index contributed by atoms with van der Waals surface area (Å²) in [6, 6.07) is 0. The highest BCUT2D eigenvalue weighted by Crippen LogP contribution is 2.21. The molecule has 2 atom stereocenters. The van der Waals surface area contributed by atoms with E-state index in [9.17, 15) is 4.79 Å². The Kier molecular flexibility index (Phi) is 4.89. The van der Waals surface area contributed by atoms with Gasteiger partial charge in [0.1, 0.15) is 0 Å². The van der Waals surface area contributed by atoms with Crippen molar-refractivity contribution in [3.8, 4) is 0 Å². The van der Waals surface area contributed by atoms with Gasteiger partial charge in [0.2, 0.25) is 5.91 Å². The van der Waals surface area contributed by atoms with Crippen LogP contribution in [0.25, 0.3) is 0 Å². The number of hydrogen-bond donors (Lipinski definition) is 0. The van der Waals surface area contributed by atoms with Crippen LogP contribution in [0.4, 0.5) is 0 Å². The second-order valence-electron chi connectivity index (χ2n) is 3.68. The van der Waals surface area contributed by atoms with Gasteiger partial charge in [-0.1, -0.05) is 15.9 Å². The molecule has 4 heteroatoms. The SMILES string of the molecule is CCN(CCBr)C(=O)C1COC(C)C1. The molecule has 82 valence electrons. The Labute approximate surface area is 93.9 Å². The summed E-state index contributed by atoms with van der Waals surface area (Å²) in [5.41, 5.74) is 0. The highest BCUT2D eigenvalue weighted by Gasteiger charge is 2.30. The lowest BCUT2D eigenvalue weighted by molar-refractivity contribution is -0.135. The monoisotopic (exact) mass is 263 g/mol. The molecule has 1 amide bonds. The normalized spacial score (nSPS) is 26.5. The molecule has 0 spiro atoms. The molecule has 3 nitrogen and oxygen atoms in total. The van der Waals surface area contributed by atoms with Crippen LogP contribution in [0.5, 0.6) is 0 Å². The first-order chi connectivity index (χ1) is 6.69. The zero-order valence-electron chi connectivity index (χ0n) is 8.83. The van der Waals surface area contributed by atoms with Crippen molar-refractivity contribution in [2.45, 2.75) is 26.4 Å². The van der Waals surface area contributed by atoms with E-state index >= 15 is 0 Å². The minimum absolute atomic E-state index is 0.0870. The summed E-state index contributed by atoms with van der Waals surface area (Å²) in [6.45, 7) is 6.21. The minimum atomic E-state index is 0.0870. The van der Waals surface area contributed by atoms with Crippen LogP contribution in [-0.2, 0) is 9.53 Å². The van der Waals surface area contributed by atoms with Crippen LogP contribution in [-0.4, -0.2) is 41.9 Å². The van der Waals surface area contributed by atoms with Crippen molar-refractivity contribution in [2.75, 3.05) is 25.0 Å². The van der Waals surface area contributed by atoms with Crippen LogP contribution < -0.4 is 0 Å². The zero-order chi connectivity index (χ0) is 10.6. The number of alkyl halides is 1. The number of carbonyl (C=O) groups is 1. The molecule has 0 bridgehead atoms. The second-order valence-corrected chi connectivity index (χ2v) is 4.48. The third-order valence-corrected chi connectivity index (χ3v) is 2.95. The fourth-order valence-electron chi connectivity index (χ4n) is 1.77. The second kappa shape index (κ2) is 5.71. The quantitative estimate of drug-likeness (QED) is 0.723. The Morgan fingerprint density at radius 1 is 1.64 bits per heavy atom. The maximum Gasteiger partial charge on any atom is 0.228 e. The number of hydrogen-bond acceptors (Lipinski definition) is 2. The third-order valence-electron chi connectivity index (χ3n) is 2.60.